The van der Waals surface area contributed by atoms with Gasteiger partial charge in [-0.15, -0.1) is 0 Å². The zero-order valence-corrected chi connectivity index (χ0v) is 21.4. The molecule has 4 aromatic carbocycles. The molecule has 0 bridgehead atoms. The molecule has 7 rings (SSSR count). The van der Waals surface area contributed by atoms with Crippen LogP contribution in [0.1, 0.15) is 23.6 Å². The molecule has 2 aromatic heterocycles. The Hall–Kier alpha value is -5.10. The van der Waals surface area contributed by atoms with Crippen LogP contribution in [-0.4, -0.2) is 22.6 Å². The van der Waals surface area contributed by atoms with Crippen molar-refractivity contribution in [2.24, 2.45) is 5.10 Å². The lowest BCUT2D eigenvalue weighted by atomic mass is 9.97. The van der Waals surface area contributed by atoms with E-state index in [1.165, 1.54) is 0 Å². The lowest BCUT2D eigenvalue weighted by molar-refractivity contribution is 0.415. The van der Waals surface area contributed by atoms with Crippen LogP contribution in [0.15, 0.2) is 131 Å². The Balaban J connectivity index is 1.38. The SMILES string of the molecule is COc1ccc(C2=NN(c3ccccc3)C(c3cn(-c4ccccc4)nc3-c3cc4ccccc4o3)C2)cc1. The third-order valence-electron chi connectivity index (χ3n) is 7.14. The van der Waals surface area contributed by atoms with E-state index in [2.05, 4.69) is 59.7 Å². The Kier molecular flexibility index (Phi) is 5.70. The van der Waals surface area contributed by atoms with E-state index in [-0.39, 0.29) is 6.04 Å². The summed E-state index contributed by atoms with van der Waals surface area (Å²) in [6.45, 7) is 0. The van der Waals surface area contributed by atoms with Crippen molar-refractivity contribution in [2.45, 2.75) is 12.5 Å². The third kappa shape index (κ3) is 4.26. The quantitative estimate of drug-likeness (QED) is 0.231. The van der Waals surface area contributed by atoms with Crippen molar-refractivity contribution >= 4 is 22.4 Å². The van der Waals surface area contributed by atoms with E-state index in [0.29, 0.717) is 0 Å². The summed E-state index contributed by atoms with van der Waals surface area (Å²) in [7, 11) is 1.68. The predicted molar refractivity (Wildman–Crippen MR) is 155 cm³/mol. The van der Waals surface area contributed by atoms with Gasteiger partial charge in [-0.25, -0.2) is 4.68 Å². The lowest BCUT2D eigenvalue weighted by Gasteiger charge is -2.23. The Labute approximate surface area is 226 Å². The molecular formula is C33H26N4O2. The molecule has 6 nitrogen and oxygen atoms in total. The minimum atomic E-state index is -0.0785. The third-order valence-corrected chi connectivity index (χ3v) is 7.14. The number of nitrogens with zero attached hydrogens (tertiary/aromatic N) is 4. The van der Waals surface area contributed by atoms with Crippen LogP contribution in [0.5, 0.6) is 5.75 Å². The zero-order valence-electron chi connectivity index (χ0n) is 21.4. The van der Waals surface area contributed by atoms with Crippen molar-refractivity contribution < 1.29 is 9.15 Å². The molecule has 0 amide bonds. The maximum Gasteiger partial charge on any atom is 0.156 e. The maximum absolute atomic E-state index is 6.34. The van der Waals surface area contributed by atoms with Crippen LogP contribution in [-0.2, 0) is 0 Å². The number of ether oxygens (including phenoxy) is 1. The first-order valence-electron chi connectivity index (χ1n) is 13.0. The fourth-order valence-corrected chi connectivity index (χ4v) is 5.16. The fourth-order valence-electron chi connectivity index (χ4n) is 5.16. The normalized spacial score (nSPS) is 15.1. The van der Waals surface area contributed by atoms with Gasteiger partial charge in [0.25, 0.3) is 0 Å². The van der Waals surface area contributed by atoms with Gasteiger partial charge < -0.3 is 9.15 Å². The van der Waals surface area contributed by atoms with Gasteiger partial charge in [0.05, 0.1) is 30.2 Å². The van der Waals surface area contributed by atoms with Gasteiger partial charge in [-0.05, 0) is 66.2 Å². The van der Waals surface area contributed by atoms with Gasteiger partial charge in [0.1, 0.15) is 17.0 Å². The van der Waals surface area contributed by atoms with Crippen molar-refractivity contribution in [3.63, 3.8) is 0 Å². The fraction of sp³-hybridized carbons (Fsp3) is 0.0909. The minimum absolute atomic E-state index is 0.0785. The van der Waals surface area contributed by atoms with Crippen LogP contribution in [0.2, 0.25) is 0 Å². The van der Waals surface area contributed by atoms with E-state index in [4.69, 9.17) is 19.4 Å². The minimum Gasteiger partial charge on any atom is -0.497 e. The van der Waals surface area contributed by atoms with Crippen LogP contribution in [0.25, 0.3) is 28.1 Å². The summed E-state index contributed by atoms with van der Waals surface area (Å²) in [5, 5.41) is 13.4. The first-order valence-corrected chi connectivity index (χ1v) is 13.0. The Morgan fingerprint density at radius 3 is 2.21 bits per heavy atom. The van der Waals surface area contributed by atoms with Gasteiger partial charge in [-0.1, -0.05) is 54.6 Å². The molecule has 0 radical (unpaired) electrons. The number of hydrogen-bond acceptors (Lipinski definition) is 5. The summed E-state index contributed by atoms with van der Waals surface area (Å²) in [4.78, 5) is 0. The molecule has 0 fully saturated rings. The van der Waals surface area contributed by atoms with Gasteiger partial charge in [-0.3, -0.25) is 5.01 Å². The topological polar surface area (TPSA) is 55.8 Å². The zero-order chi connectivity index (χ0) is 26.2. The summed E-state index contributed by atoms with van der Waals surface area (Å²) >= 11 is 0. The largest absolute Gasteiger partial charge is 0.497 e. The molecule has 190 valence electrons. The van der Waals surface area contributed by atoms with E-state index < -0.39 is 0 Å². The lowest BCUT2D eigenvalue weighted by Crippen LogP contribution is -2.18. The molecule has 1 aliphatic rings. The van der Waals surface area contributed by atoms with Gasteiger partial charge in [-0.2, -0.15) is 10.2 Å². The second-order valence-electron chi connectivity index (χ2n) is 9.54. The summed E-state index contributed by atoms with van der Waals surface area (Å²) in [5.41, 5.74) is 6.79. The molecule has 0 aliphatic carbocycles. The average Bonchev–Trinajstić information content (AvgIpc) is 3.74. The van der Waals surface area contributed by atoms with Crippen LogP contribution in [0, 0.1) is 0 Å². The molecule has 0 saturated carbocycles. The number of hydrazone groups is 1. The van der Waals surface area contributed by atoms with Gasteiger partial charge in [0.2, 0.25) is 0 Å². The van der Waals surface area contributed by atoms with Crippen LogP contribution in [0.3, 0.4) is 0 Å². The number of fused-ring (bicyclic) bond motifs is 1. The van der Waals surface area contributed by atoms with Crippen LogP contribution in [0.4, 0.5) is 5.69 Å². The number of rotatable bonds is 6. The molecule has 6 aromatic rings. The monoisotopic (exact) mass is 510 g/mol. The Bertz CT molecular complexity index is 1740. The highest BCUT2D eigenvalue weighted by atomic mass is 16.5. The standard InChI is InChI=1S/C33H26N4O2/c1-38-27-18-16-23(17-19-27)29-21-30(37(34-29)26-13-6-3-7-14-26)28-22-36(25-11-4-2-5-12-25)35-33(28)32-20-24-10-8-9-15-31(24)39-32/h2-20,22,30H,21H2,1H3. The number of furan rings is 1. The highest BCUT2D eigenvalue weighted by Gasteiger charge is 2.34. The molecule has 6 heteroatoms. The molecule has 3 heterocycles. The van der Waals surface area contributed by atoms with E-state index in [1.54, 1.807) is 7.11 Å². The van der Waals surface area contributed by atoms with Crippen LogP contribution >= 0.6 is 0 Å². The average molecular weight is 511 g/mol. The molecule has 0 saturated heterocycles. The number of anilines is 1. The molecule has 0 N–H and O–H groups in total. The number of methoxy groups -OCH3 is 1. The predicted octanol–water partition coefficient (Wildman–Crippen LogP) is 7.65. The number of hydrogen-bond donors (Lipinski definition) is 0. The van der Waals surface area contributed by atoms with E-state index >= 15 is 0 Å². The highest BCUT2D eigenvalue weighted by Crippen LogP contribution is 2.41. The number of benzene rings is 4. The smallest absolute Gasteiger partial charge is 0.156 e. The van der Waals surface area contributed by atoms with E-state index in [0.717, 1.165) is 62.8 Å². The van der Waals surface area contributed by atoms with E-state index in [1.807, 2.05) is 71.4 Å². The second-order valence-corrected chi connectivity index (χ2v) is 9.54. The summed E-state index contributed by atoms with van der Waals surface area (Å²) in [6, 6.07) is 38.6. The first-order chi connectivity index (χ1) is 19.3. The Morgan fingerprint density at radius 2 is 1.49 bits per heavy atom. The van der Waals surface area contributed by atoms with Crippen molar-refractivity contribution in [1.82, 2.24) is 9.78 Å². The van der Waals surface area contributed by atoms with Gasteiger partial charge >= 0.3 is 0 Å². The summed E-state index contributed by atoms with van der Waals surface area (Å²) in [6.07, 6.45) is 2.83. The molecule has 0 spiro atoms. The number of aromatic nitrogens is 2. The second kappa shape index (κ2) is 9.65. The van der Waals surface area contributed by atoms with Gasteiger partial charge in [0.15, 0.2) is 5.76 Å². The molecule has 1 aliphatic heterocycles. The van der Waals surface area contributed by atoms with Gasteiger partial charge in [0, 0.05) is 23.6 Å². The van der Waals surface area contributed by atoms with Crippen molar-refractivity contribution in [3.8, 4) is 22.9 Å². The first kappa shape index (κ1) is 23.0. The van der Waals surface area contributed by atoms with Crippen molar-refractivity contribution in [2.75, 3.05) is 12.1 Å². The number of para-hydroxylation sites is 3. The molecular weight excluding hydrogens is 484 g/mol. The maximum atomic E-state index is 6.34. The highest BCUT2D eigenvalue weighted by molar-refractivity contribution is 6.03. The van der Waals surface area contributed by atoms with Crippen molar-refractivity contribution in [3.05, 3.63) is 133 Å². The summed E-state index contributed by atoms with van der Waals surface area (Å²) < 4.78 is 13.6. The molecule has 1 unspecified atom stereocenters. The van der Waals surface area contributed by atoms with E-state index in [9.17, 15) is 0 Å². The Morgan fingerprint density at radius 1 is 0.795 bits per heavy atom. The molecule has 1 atom stereocenters. The summed E-state index contributed by atoms with van der Waals surface area (Å²) in [5.74, 6) is 1.57. The van der Waals surface area contributed by atoms with Crippen molar-refractivity contribution in [1.29, 1.82) is 0 Å². The molecule has 39 heavy (non-hydrogen) atoms. The van der Waals surface area contributed by atoms with Crippen LogP contribution < -0.4 is 9.75 Å².